The number of hydrogen-bond acceptors (Lipinski definition) is 8. The number of alkyl halides is 3. The average Bonchev–Trinajstić information content (AvgIpc) is 3.45. The van der Waals surface area contributed by atoms with Crippen LogP contribution in [0.15, 0.2) is 72.1 Å². The minimum absolute atomic E-state index is 0.00699. The second-order valence-electron chi connectivity index (χ2n) is 8.21. The number of halogens is 4. The number of nitrogens with zero attached hydrogens (tertiary/aromatic N) is 7. The number of sulfonamides is 1. The van der Waals surface area contributed by atoms with E-state index in [2.05, 4.69) is 20.2 Å². The molecule has 38 heavy (non-hydrogen) atoms. The Labute approximate surface area is 214 Å². The summed E-state index contributed by atoms with van der Waals surface area (Å²) in [5, 5.41) is 7.53. The molecule has 15 heteroatoms. The Hall–Kier alpha value is -4.11. The van der Waals surface area contributed by atoms with E-state index in [4.69, 9.17) is 4.74 Å². The zero-order chi connectivity index (χ0) is 26.9. The highest BCUT2D eigenvalue weighted by atomic mass is 32.2. The summed E-state index contributed by atoms with van der Waals surface area (Å²) in [5.41, 5.74) is -1.04. The molecule has 4 aromatic rings. The maximum atomic E-state index is 13.3. The third kappa shape index (κ3) is 5.43. The van der Waals surface area contributed by atoms with Crippen molar-refractivity contribution < 1.29 is 30.7 Å². The number of benzene rings is 2. The van der Waals surface area contributed by atoms with Crippen molar-refractivity contribution in [1.29, 1.82) is 0 Å². The van der Waals surface area contributed by atoms with Crippen LogP contribution >= 0.6 is 0 Å². The first-order chi connectivity index (χ1) is 18.1. The molecular weight excluding hydrogens is 530 g/mol. The Balaban J connectivity index is 1.37. The van der Waals surface area contributed by atoms with Gasteiger partial charge >= 0.3 is 6.18 Å². The molecule has 0 spiro atoms. The second-order valence-corrected chi connectivity index (χ2v) is 10.1. The summed E-state index contributed by atoms with van der Waals surface area (Å²) in [4.78, 5) is 10.2. The first kappa shape index (κ1) is 25.5. The normalized spacial score (nSPS) is 15.0. The lowest BCUT2D eigenvalue weighted by Gasteiger charge is -2.34. The van der Waals surface area contributed by atoms with Gasteiger partial charge in [-0.1, -0.05) is 6.07 Å². The van der Waals surface area contributed by atoms with E-state index >= 15 is 0 Å². The summed E-state index contributed by atoms with van der Waals surface area (Å²) < 4.78 is 87.1. The average molecular weight is 550 g/mol. The minimum atomic E-state index is -4.66. The summed E-state index contributed by atoms with van der Waals surface area (Å²) in [6.07, 6.45) is -1.81. The lowest BCUT2D eigenvalue weighted by Crippen LogP contribution is -2.49. The molecule has 1 aliphatic rings. The largest absolute Gasteiger partial charge is 0.439 e. The standard InChI is InChI=1S/C23H19F4N7O3S/c24-17-4-6-18(7-5-17)37-21-13-20(33-14-28-29-15-33)30-22(31-21)32-8-10-34(11-9-32)38(35,36)19-3-1-2-16(12-19)23(25,26)27/h1-7,12-15H,8-11H2. The van der Waals surface area contributed by atoms with Crippen molar-refractivity contribution in [2.24, 2.45) is 0 Å². The molecule has 1 saturated heterocycles. The highest BCUT2D eigenvalue weighted by Crippen LogP contribution is 2.31. The fourth-order valence-corrected chi connectivity index (χ4v) is 5.25. The summed E-state index contributed by atoms with van der Waals surface area (Å²) >= 11 is 0. The number of rotatable bonds is 6. The van der Waals surface area contributed by atoms with Gasteiger partial charge in [-0.05, 0) is 42.5 Å². The smallest absolute Gasteiger partial charge is 0.416 e. The van der Waals surface area contributed by atoms with Crippen LogP contribution in [0.1, 0.15) is 5.56 Å². The van der Waals surface area contributed by atoms with E-state index in [0.717, 1.165) is 22.5 Å². The molecule has 0 saturated carbocycles. The van der Waals surface area contributed by atoms with Gasteiger partial charge in [0.15, 0.2) is 0 Å². The van der Waals surface area contributed by atoms with Crippen LogP contribution in [-0.2, 0) is 16.2 Å². The highest BCUT2D eigenvalue weighted by Gasteiger charge is 2.34. The summed E-state index contributed by atoms with van der Waals surface area (Å²) in [7, 11) is -4.16. The van der Waals surface area contributed by atoms with Gasteiger partial charge in [0.1, 0.15) is 30.0 Å². The molecule has 10 nitrogen and oxygen atoms in total. The first-order valence-corrected chi connectivity index (χ1v) is 12.6. The van der Waals surface area contributed by atoms with E-state index in [1.807, 2.05) is 0 Å². The lowest BCUT2D eigenvalue weighted by molar-refractivity contribution is -0.137. The molecule has 0 aliphatic carbocycles. The number of ether oxygens (including phenoxy) is 1. The van der Waals surface area contributed by atoms with Crippen LogP contribution in [0, 0.1) is 5.82 Å². The molecular formula is C23H19F4N7O3S. The third-order valence-corrected chi connectivity index (χ3v) is 7.61. The topological polar surface area (TPSA) is 106 Å². The molecule has 0 atom stereocenters. The van der Waals surface area contributed by atoms with Gasteiger partial charge in [0.2, 0.25) is 21.9 Å². The second kappa shape index (κ2) is 9.98. The van der Waals surface area contributed by atoms with Crippen molar-refractivity contribution in [3.05, 3.63) is 78.6 Å². The summed E-state index contributed by atoms with van der Waals surface area (Å²) in [6, 6.07) is 10.5. The zero-order valence-electron chi connectivity index (χ0n) is 19.5. The fourth-order valence-electron chi connectivity index (χ4n) is 3.78. The van der Waals surface area contributed by atoms with Crippen LogP contribution in [0.3, 0.4) is 0 Å². The van der Waals surface area contributed by atoms with Gasteiger partial charge in [-0.25, -0.2) is 12.8 Å². The Morgan fingerprint density at radius 2 is 1.55 bits per heavy atom. The van der Waals surface area contributed by atoms with Crippen molar-refractivity contribution in [2.75, 3.05) is 31.1 Å². The van der Waals surface area contributed by atoms with Crippen molar-refractivity contribution in [3.8, 4) is 17.4 Å². The first-order valence-electron chi connectivity index (χ1n) is 11.2. The van der Waals surface area contributed by atoms with Gasteiger partial charge in [0, 0.05) is 32.2 Å². The predicted octanol–water partition coefficient (Wildman–Crippen LogP) is 3.52. The Bertz CT molecular complexity index is 1520. The molecule has 2 aromatic carbocycles. The summed E-state index contributed by atoms with van der Waals surface area (Å²) in [6.45, 7) is 0.319. The van der Waals surface area contributed by atoms with Gasteiger partial charge in [0.05, 0.1) is 10.5 Å². The number of hydrogen-bond donors (Lipinski definition) is 0. The van der Waals surface area contributed by atoms with E-state index < -0.39 is 32.5 Å². The van der Waals surface area contributed by atoms with Crippen LogP contribution in [0.25, 0.3) is 5.82 Å². The molecule has 1 fully saturated rings. The van der Waals surface area contributed by atoms with Gasteiger partial charge in [-0.3, -0.25) is 4.57 Å². The van der Waals surface area contributed by atoms with Gasteiger partial charge < -0.3 is 9.64 Å². The van der Waals surface area contributed by atoms with Gasteiger partial charge in [-0.2, -0.15) is 27.4 Å². The monoisotopic (exact) mass is 549 g/mol. The van der Waals surface area contributed by atoms with Crippen LogP contribution in [-0.4, -0.2) is 63.6 Å². The molecule has 2 aromatic heterocycles. The molecule has 0 radical (unpaired) electrons. The minimum Gasteiger partial charge on any atom is -0.439 e. The number of piperazine rings is 1. The van der Waals surface area contributed by atoms with Crippen LogP contribution in [0.4, 0.5) is 23.5 Å². The molecule has 0 unspecified atom stereocenters. The molecule has 0 amide bonds. The van der Waals surface area contributed by atoms with Crippen molar-refractivity contribution >= 4 is 16.0 Å². The van der Waals surface area contributed by atoms with Crippen LogP contribution in [0.2, 0.25) is 0 Å². The molecule has 5 rings (SSSR count). The number of aromatic nitrogens is 5. The van der Waals surface area contributed by atoms with Gasteiger partial charge in [0.25, 0.3) is 0 Å². The fraction of sp³-hybridized carbons (Fsp3) is 0.217. The lowest BCUT2D eigenvalue weighted by atomic mass is 10.2. The summed E-state index contributed by atoms with van der Waals surface area (Å²) in [5.74, 6) is 0.650. The zero-order valence-corrected chi connectivity index (χ0v) is 20.3. The van der Waals surface area contributed by atoms with E-state index in [0.29, 0.717) is 17.6 Å². The molecule has 1 aliphatic heterocycles. The van der Waals surface area contributed by atoms with Gasteiger partial charge in [-0.15, -0.1) is 10.2 Å². The molecule has 3 heterocycles. The highest BCUT2D eigenvalue weighted by molar-refractivity contribution is 7.89. The molecule has 0 N–H and O–H groups in total. The maximum absolute atomic E-state index is 13.3. The maximum Gasteiger partial charge on any atom is 0.416 e. The Morgan fingerprint density at radius 3 is 2.21 bits per heavy atom. The van der Waals surface area contributed by atoms with Crippen molar-refractivity contribution in [1.82, 2.24) is 29.0 Å². The van der Waals surface area contributed by atoms with E-state index in [-0.39, 0.29) is 38.0 Å². The number of anilines is 1. The predicted molar refractivity (Wildman–Crippen MR) is 126 cm³/mol. The van der Waals surface area contributed by atoms with Crippen molar-refractivity contribution in [2.45, 2.75) is 11.1 Å². The quantitative estimate of drug-likeness (QED) is 0.337. The molecule has 198 valence electrons. The van der Waals surface area contributed by atoms with E-state index in [1.165, 1.54) is 47.6 Å². The van der Waals surface area contributed by atoms with Crippen LogP contribution < -0.4 is 9.64 Å². The SMILES string of the molecule is O=S(=O)(c1cccc(C(F)(F)F)c1)N1CCN(c2nc(Oc3ccc(F)cc3)cc(-n3cnnc3)n2)CC1. The molecule has 0 bridgehead atoms. The van der Waals surface area contributed by atoms with Crippen LogP contribution in [0.5, 0.6) is 11.6 Å². The Morgan fingerprint density at radius 1 is 0.868 bits per heavy atom. The van der Waals surface area contributed by atoms with E-state index in [9.17, 15) is 26.0 Å². The van der Waals surface area contributed by atoms with E-state index in [1.54, 1.807) is 4.90 Å². The third-order valence-electron chi connectivity index (χ3n) is 5.72. The van der Waals surface area contributed by atoms with Crippen molar-refractivity contribution in [3.63, 3.8) is 0 Å². The Kier molecular flexibility index (Phi) is 6.71.